The number of unbranched alkanes of at least 4 members (excludes halogenated alkanes) is 8. The molecule has 0 bridgehead atoms. The topological polar surface area (TPSA) is 107 Å². The number of rotatable bonds is 19. The molecule has 0 fully saturated rings. The van der Waals surface area contributed by atoms with Crippen molar-refractivity contribution in [2.75, 3.05) is 6.54 Å². The summed E-state index contributed by atoms with van der Waals surface area (Å²) in [6.07, 6.45) is 12.2. The molecule has 0 aliphatic carbocycles. The number of carboxylic acid groups (broad SMARTS) is 2. The second-order valence-corrected chi connectivity index (χ2v) is 7.96. The van der Waals surface area contributed by atoms with Crippen LogP contribution in [-0.4, -0.2) is 45.4 Å². The molecule has 0 aromatic rings. The van der Waals surface area contributed by atoms with Gasteiger partial charge >= 0.3 is 11.9 Å². The quantitative estimate of drug-likeness (QED) is 0.246. The summed E-state index contributed by atoms with van der Waals surface area (Å²) in [4.78, 5) is 21.8. The molecule has 0 aliphatic rings. The van der Waals surface area contributed by atoms with Gasteiger partial charge in [-0.25, -0.2) is 0 Å². The molecule has 0 aromatic heterocycles. The summed E-state index contributed by atoms with van der Waals surface area (Å²) < 4.78 is 0. The minimum atomic E-state index is -0.865. The SMILES string of the molecule is CCCCCCCCC(C)(O)CCNC(CCCCCCC(=O)O)C(=O)O. The minimum Gasteiger partial charge on any atom is -0.481 e. The first kappa shape index (κ1) is 25.9. The molecule has 0 rings (SSSR count). The predicted molar refractivity (Wildman–Crippen MR) is 108 cm³/mol. The highest BCUT2D eigenvalue weighted by molar-refractivity contribution is 5.73. The lowest BCUT2D eigenvalue weighted by Gasteiger charge is -2.24. The highest BCUT2D eigenvalue weighted by Crippen LogP contribution is 2.19. The van der Waals surface area contributed by atoms with E-state index < -0.39 is 23.6 Å². The minimum absolute atomic E-state index is 0.175. The molecule has 6 nitrogen and oxygen atoms in total. The lowest BCUT2D eigenvalue weighted by atomic mass is 9.94. The summed E-state index contributed by atoms with van der Waals surface area (Å²) >= 11 is 0. The monoisotopic (exact) mass is 387 g/mol. The molecular weight excluding hydrogens is 346 g/mol. The summed E-state index contributed by atoms with van der Waals surface area (Å²) in [5, 5.41) is 31.4. The van der Waals surface area contributed by atoms with Gasteiger partial charge in [0.1, 0.15) is 6.04 Å². The maximum atomic E-state index is 11.4. The number of carbonyl (C=O) groups is 2. The number of aliphatic carboxylic acids is 2. The molecular formula is C21H41NO5. The van der Waals surface area contributed by atoms with Crippen LogP contribution in [0.2, 0.25) is 0 Å². The van der Waals surface area contributed by atoms with E-state index in [0.29, 0.717) is 25.8 Å². The predicted octanol–water partition coefficient (Wildman–Crippen LogP) is 4.35. The Bertz CT molecular complexity index is 398. The summed E-state index contributed by atoms with van der Waals surface area (Å²) in [6, 6.07) is -0.602. The van der Waals surface area contributed by atoms with Crippen molar-refractivity contribution in [2.24, 2.45) is 0 Å². The third-order valence-corrected chi connectivity index (χ3v) is 5.05. The van der Waals surface area contributed by atoms with Crippen molar-refractivity contribution in [1.82, 2.24) is 5.32 Å². The summed E-state index contributed by atoms with van der Waals surface area (Å²) in [5.74, 6) is -1.65. The van der Waals surface area contributed by atoms with Gasteiger partial charge in [-0.15, -0.1) is 0 Å². The molecule has 0 spiro atoms. The lowest BCUT2D eigenvalue weighted by Crippen LogP contribution is -2.40. The summed E-state index contributed by atoms with van der Waals surface area (Å²) in [6.45, 7) is 4.51. The third-order valence-electron chi connectivity index (χ3n) is 5.05. The number of carboxylic acids is 2. The van der Waals surface area contributed by atoms with Crippen LogP contribution in [0.4, 0.5) is 0 Å². The molecule has 4 N–H and O–H groups in total. The van der Waals surface area contributed by atoms with E-state index in [-0.39, 0.29) is 6.42 Å². The molecule has 0 aliphatic heterocycles. The molecule has 2 unspecified atom stereocenters. The Morgan fingerprint density at radius 2 is 1.48 bits per heavy atom. The summed E-state index contributed by atoms with van der Waals surface area (Å²) in [5.41, 5.74) is -0.752. The van der Waals surface area contributed by atoms with E-state index in [1.165, 1.54) is 25.7 Å². The Balaban J connectivity index is 3.88. The molecule has 0 radical (unpaired) electrons. The van der Waals surface area contributed by atoms with E-state index in [1.54, 1.807) is 0 Å². The largest absolute Gasteiger partial charge is 0.481 e. The molecule has 27 heavy (non-hydrogen) atoms. The first-order chi connectivity index (χ1) is 12.8. The zero-order valence-corrected chi connectivity index (χ0v) is 17.3. The van der Waals surface area contributed by atoms with Crippen molar-refractivity contribution in [3.8, 4) is 0 Å². The second kappa shape index (κ2) is 15.9. The molecule has 160 valence electrons. The zero-order valence-electron chi connectivity index (χ0n) is 17.3. The van der Waals surface area contributed by atoms with Crippen LogP contribution in [0.3, 0.4) is 0 Å². The fraction of sp³-hybridized carbons (Fsp3) is 0.905. The maximum absolute atomic E-state index is 11.4. The average Bonchev–Trinajstić information content (AvgIpc) is 2.58. The zero-order chi connectivity index (χ0) is 20.5. The highest BCUT2D eigenvalue weighted by Gasteiger charge is 2.22. The average molecular weight is 388 g/mol. The van der Waals surface area contributed by atoms with Crippen LogP contribution < -0.4 is 5.32 Å². The van der Waals surface area contributed by atoms with Gasteiger partial charge in [0.25, 0.3) is 0 Å². The number of hydrogen-bond acceptors (Lipinski definition) is 4. The van der Waals surface area contributed by atoms with Crippen LogP contribution in [0.15, 0.2) is 0 Å². The molecule has 2 atom stereocenters. The van der Waals surface area contributed by atoms with Crippen LogP contribution in [0.25, 0.3) is 0 Å². The van der Waals surface area contributed by atoms with E-state index in [9.17, 15) is 19.8 Å². The first-order valence-corrected chi connectivity index (χ1v) is 10.7. The Morgan fingerprint density at radius 1 is 0.889 bits per heavy atom. The molecule has 0 saturated heterocycles. The van der Waals surface area contributed by atoms with Crippen LogP contribution in [0, 0.1) is 0 Å². The second-order valence-electron chi connectivity index (χ2n) is 7.96. The fourth-order valence-corrected chi connectivity index (χ4v) is 3.22. The van der Waals surface area contributed by atoms with Gasteiger partial charge in [0, 0.05) is 6.42 Å². The van der Waals surface area contributed by atoms with E-state index in [4.69, 9.17) is 5.11 Å². The number of nitrogens with one attached hydrogen (secondary N) is 1. The van der Waals surface area contributed by atoms with Crippen LogP contribution in [0.5, 0.6) is 0 Å². The van der Waals surface area contributed by atoms with Gasteiger partial charge in [0.15, 0.2) is 0 Å². The van der Waals surface area contributed by atoms with Crippen LogP contribution in [-0.2, 0) is 9.59 Å². The molecule has 0 saturated carbocycles. The van der Waals surface area contributed by atoms with Crippen LogP contribution >= 0.6 is 0 Å². The van der Waals surface area contributed by atoms with Crippen molar-refractivity contribution in [2.45, 2.75) is 115 Å². The van der Waals surface area contributed by atoms with Crippen molar-refractivity contribution < 1.29 is 24.9 Å². The van der Waals surface area contributed by atoms with Gasteiger partial charge in [0.2, 0.25) is 0 Å². The Morgan fingerprint density at radius 3 is 2.11 bits per heavy atom. The van der Waals surface area contributed by atoms with Gasteiger partial charge < -0.3 is 20.6 Å². The molecule has 0 aromatic carbocycles. The first-order valence-electron chi connectivity index (χ1n) is 10.7. The van der Waals surface area contributed by atoms with E-state index in [0.717, 1.165) is 38.5 Å². The fourth-order valence-electron chi connectivity index (χ4n) is 3.22. The maximum Gasteiger partial charge on any atom is 0.320 e. The van der Waals surface area contributed by atoms with Gasteiger partial charge in [-0.1, -0.05) is 64.7 Å². The van der Waals surface area contributed by atoms with Gasteiger partial charge in [-0.2, -0.15) is 0 Å². The summed E-state index contributed by atoms with van der Waals surface area (Å²) in [7, 11) is 0. The molecule has 6 heteroatoms. The van der Waals surface area contributed by atoms with E-state index >= 15 is 0 Å². The smallest absolute Gasteiger partial charge is 0.320 e. The molecule has 0 heterocycles. The van der Waals surface area contributed by atoms with Gasteiger partial charge in [-0.3, -0.25) is 9.59 Å². The lowest BCUT2D eigenvalue weighted by molar-refractivity contribution is -0.140. The number of hydrogen-bond donors (Lipinski definition) is 4. The Labute approximate surface area is 164 Å². The normalized spacial score (nSPS) is 14.6. The Kier molecular flexibility index (Phi) is 15.2. The Hall–Kier alpha value is -1.14. The van der Waals surface area contributed by atoms with Crippen molar-refractivity contribution in [3.63, 3.8) is 0 Å². The van der Waals surface area contributed by atoms with Crippen molar-refractivity contribution >= 4 is 11.9 Å². The third kappa shape index (κ3) is 16.7. The van der Waals surface area contributed by atoms with Gasteiger partial charge in [-0.05, 0) is 39.2 Å². The van der Waals surface area contributed by atoms with Crippen molar-refractivity contribution in [1.29, 1.82) is 0 Å². The van der Waals surface area contributed by atoms with E-state index in [2.05, 4.69) is 12.2 Å². The molecule has 0 amide bonds. The van der Waals surface area contributed by atoms with Gasteiger partial charge in [0.05, 0.1) is 5.60 Å². The van der Waals surface area contributed by atoms with E-state index in [1.807, 2.05) is 6.92 Å². The highest BCUT2D eigenvalue weighted by atomic mass is 16.4. The van der Waals surface area contributed by atoms with Crippen LogP contribution in [0.1, 0.15) is 104 Å². The standard InChI is InChI=1S/C21H41NO5/c1-3-4-5-6-9-12-15-21(2,27)16-17-22-18(20(25)26)13-10-7-8-11-14-19(23)24/h18,22,27H,3-17H2,1-2H3,(H,23,24)(H,25,26). The number of aliphatic hydroxyl groups is 1. The van der Waals surface area contributed by atoms with Crippen molar-refractivity contribution in [3.05, 3.63) is 0 Å².